The summed E-state index contributed by atoms with van der Waals surface area (Å²) in [6.45, 7) is 5.38. The van der Waals surface area contributed by atoms with Crippen LogP contribution in [0.5, 0.6) is 0 Å². The quantitative estimate of drug-likeness (QED) is 0.857. The van der Waals surface area contributed by atoms with Gasteiger partial charge in [-0.2, -0.15) is 0 Å². The predicted molar refractivity (Wildman–Crippen MR) is 81.5 cm³/mol. The molecule has 106 valence electrons. The molecule has 1 aliphatic rings. The molecule has 0 radical (unpaired) electrons. The first kappa shape index (κ1) is 15.0. The third-order valence-corrected chi connectivity index (χ3v) is 5.42. The van der Waals surface area contributed by atoms with Crippen molar-refractivity contribution in [3.05, 3.63) is 34.1 Å². The molecule has 0 amide bonds. The Morgan fingerprint density at radius 1 is 1.21 bits per heavy atom. The van der Waals surface area contributed by atoms with Crippen LogP contribution in [0.15, 0.2) is 22.7 Å². The molecule has 1 aromatic rings. The Bertz CT molecular complexity index is 446. The standard InChI is InChI=1S/C16H23BrFN/c1-15(2)5-7-16(11-19,8-6-15)10-12-3-4-13(18)9-14(12)17/h3-4,9H,5-8,10-11,19H2,1-2H3. The molecular formula is C16H23BrFN. The zero-order valence-electron chi connectivity index (χ0n) is 11.8. The Balaban J connectivity index is 2.15. The fourth-order valence-corrected chi connectivity index (χ4v) is 3.47. The Kier molecular flexibility index (Phi) is 4.36. The molecular weight excluding hydrogens is 305 g/mol. The van der Waals surface area contributed by atoms with Gasteiger partial charge in [-0.05, 0) is 67.2 Å². The molecule has 2 N–H and O–H groups in total. The van der Waals surface area contributed by atoms with Crippen molar-refractivity contribution in [1.82, 2.24) is 0 Å². The summed E-state index contributed by atoms with van der Waals surface area (Å²) in [5.41, 5.74) is 7.87. The number of hydrogen-bond donors (Lipinski definition) is 1. The molecule has 1 nitrogen and oxygen atoms in total. The lowest BCUT2D eigenvalue weighted by Gasteiger charge is -2.43. The molecule has 1 fully saturated rings. The minimum absolute atomic E-state index is 0.190. The number of halogens is 2. The normalized spacial score (nSPS) is 21.3. The summed E-state index contributed by atoms with van der Waals surface area (Å²) in [5.74, 6) is -0.192. The third-order valence-electron chi connectivity index (χ3n) is 4.68. The van der Waals surface area contributed by atoms with Crippen molar-refractivity contribution < 1.29 is 4.39 Å². The van der Waals surface area contributed by atoms with E-state index in [9.17, 15) is 4.39 Å². The van der Waals surface area contributed by atoms with Crippen LogP contribution in [0.1, 0.15) is 45.1 Å². The molecule has 3 heteroatoms. The van der Waals surface area contributed by atoms with Crippen molar-refractivity contribution in [3.63, 3.8) is 0 Å². The second-order valence-corrected chi connectivity index (χ2v) is 7.64. The summed E-state index contributed by atoms with van der Waals surface area (Å²) in [4.78, 5) is 0. The summed E-state index contributed by atoms with van der Waals surface area (Å²) in [6, 6.07) is 4.97. The van der Waals surface area contributed by atoms with Crippen LogP contribution in [0.2, 0.25) is 0 Å². The molecule has 2 rings (SSSR count). The van der Waals surface area contributed by atoms with Gasteiger partial charge >= 0.3 is 0 Å². The van der Waals surface area contributed by atoms with Gasteiger partial charge < -0.3 is 5.73 Å². The highest BCUT2D eigenvalue weighted by Crippen LogP contribution is 2.46. The van der Waals surface area contributed by atoms with Gasteiger partial charge in [0.25, 0.3) is 0 Å². The van der Waals surface area contributed by atoms with E-state index < -0.39 is 0 Å². The van der Waals surface area contributed by atoms with Crippen LogP contribution < -0.4 is 5.73 Å². The Labute approximate surface area is 123 Å². The van der Waals surface area contributed by atoms with E-state index in [0.29, 0.717) is 12.0 Å². The van der Waals surface area contributed by atoms with Gasteiger partial charge in [-0.15, -0.1) is 0 Å². The van der Waals surface area contributed by atoms with E-state index in [2.05, 4.69) is 29.8 Å². The van der Waals surface area contributed by atoms with Crippen molar-refractivity contribution in [3.8, 4) is 0 Å². The fraction of sp³-hybridized carbons (Fsp3) is 0.625. The van der Waals surface area contributed by atoms with Gasteiger partial charge in [0.1, 0.15) is 5.82 Å². The summed E-state index contributed by atoms with van der Waals surface area (Å²) >= 11 is 3.47. The molecule has 0 heterocycles. The summed E-state index contributed by atoms with van der Waals surface area (Å²) < 4.78 is 14.0. The Morgan fingerprint density at radius 3 is 2.37 bits per heavy atom. The number of benzene rings is 1. The monoisotopic (exact) mass is 327 g/mol. The van der Waals surface area contributed by atoms with Crippen LogP contribution in [-0.2, 0) is 6.42 Å². The average molecular weight is 328 g/mol. The van der Waals surface area contributed by atoms with Crippen LogP contribution in [0.4, 0.5) is 4.39 Å². The maximum Gasteiger partial charge on any atom is 0.124 e. The van der Waals surface area contributed by atoms with E-state index in [1.54, 1.807) is 6.07 Å². The lowest BCUT2D eigenvalue weighted by Crippen LogP contribution is -2.39. The average Bonchev–Trinajstić information content (AvgIpc) is 2.36. The molecule has 0 bridgehead atoms. The largest absolute Gasteiger partial charge is 0.330 e. The fourth-order valence-electron chi connectivity index (χ4n) is 2.98. The Morgan fingerprint density at radius 2 is 1.84 bits per heavy atom. The van der Waals surface area contributed by atoms with Gasteiger partial charge in [-0.3, -0.25) is 0 Å². The second-order valence-electron chi connectivity index (χ2n) is 6.78. The lowest BCUT2D eigenvalue weighted by atomic mass is 9.63. The van der Waals surface area contributed by atoms with Gasteiger partial charge in [-0.25, -0.2) is 4.39 Å². The zero-order valence-corrected chi connectivity index (χ0v) is 13.4. The maximum absolute atomic E-state index is 13.2. The molecule has 19 heavy (non-hydrogen) atoms. The highest BCUT2D eigenvalue weighted by Gasteiger charge is 2.37. The first-order valence-electron chi connectivity index (χ1n) is 7.00. The number of rotatable bonds is 3. The van der Waals surface area contributed by atoms with Crippen molar-refractivity contribution in [1.29, 1.82) is 0 Å². The van der Waals surface area contributed by atoms with Crippen LogP contribution >= 0.6 is 15.9 Å². The lowest BCUT2D eigenvalue weighted by molar-refractivity contribution is 0.108. The van der Waals surface area contributed by atoms with Crippen molar-refractivity contribution in [2.24, 2.45) is 16.6 Å². The molecule has 1 aromatic carbocycles. The molecule has 0 aliphatic heterocycles. The first-order valence-corrected chi connectivity index (χ1v) is 7.79. The minimum Gasteiger partial charge on any atom is -0.330 e. The number of hydrogen-bond acceptors (Lipinski definition) is 1. The highest BCUT2D eigenvalue weighted by molar-refractivity contribution is 9.10. The van der Waals surface area contributed by atoms with Gasteiger partial charge in [0, 0.05) is 4.47 Å². The molecule has 0 aromatic heterocycles. The van der Waals surface area contributed by atoms with Crippen molar-refractivity contribution >= 4 is 15.9 Å². The molecule has 1 aliphatic carbocycles. The smallest absolute Gasteiger partial charge is 0.124 e. The number of nitrogens with two attached hydrogens (primary N) is 1. The van der Waals surface area contributed by atoms with Crippen LogP contribution in [0.3, 0.4) is 0 Å². The zero-order chi connectivity index (χ0) is 14.1. The topological polar surface area (TPSA) is 26.0 Å². The van der Waals surface area contributed by atoms with E-state index in [0.717, 1.165) is 10.9 Å². The molecule has 0 atom stereocenters. The predicted octanol–water partition coefficient (Wildman–Crippen LogP) is 4.68. The Hall–Kier alpha value is -0.410. The van der Waals surface area contributed by atoms with E-state index in [4.69, 9.17) is 5.73 Å². The van der Waals surface area contributed by atoms with E-state index >= 15 is 0 Å². The SMILES string of the molecule is CC1(C)CCC(CN)(Cc2ccc(F)cc2Br)CC1. The summed E-state index contributed by atoms with van der Waals surface area (Å²) in [5, 5.41) is 0. The van der Waals surface area contributed by atoms with Crippen molar-refractivity contribution in [2.45, 2.75) is 46.0 Å². The second kappa shape index (κ2) is 5.53. The third kappa shape index (κ3) is 3.57. The van der Waals surface area contributed by atoms with Crippen LogP contribution in [0.25, 0.3) is 0 Å². The highest BCUT2D eigenvalue weighted by atomic mass is 79.9. The molecule has 0 unspecified atom stereocenters. The van der Waals surface area contributed by atoms with Gasteiger partial charge in [0.05, 0.1) is 0 Å². The van der Waals surface area contributed by atoms with Crippen LogP contribution in [0, 0.1) is 16.6 Å². The van der Waals surface area contributed by atoms with E-state index in [1.165, 1.54) is 37.3 Å². The molecule has 0 saturated heterocycles. The summed E-state index contributed by atoms with van der Waals surface area (Å²) in [6.07, 6.45) is 5.73. The van der Waals surface area contributed by atoms with Gasteiger partial charge in [0.2, 0.25) is 0 Å². The van der Waals surface area contributed by atoms with E-state index in [1.807, 2.05) is 6.07 Å². The van der Waals surface area contributed by atoms with E-state index in [-0.39, 0.29) is 11.2 Å². The van der Waals surface area contributed by atoms with Crippen LogP contribution in [-0.4, -0.2) is 6.54 Å². The minimum atomic E-state index is -0.192. The first-order chi connectivity index (χ1) is 8.86. The summed E-state index contributed by atoms with van der Waals surface area (Å²) in [7, 11) is 0. The molecule has 1 saturated carbocycles. The maximum atomic E-state index is 13.2. The van der Waals surface area contributed by atoms with Gasteiger partial charge in [0.15, 0.2) is 0 Å². The van der Waals surface area contributed by atoms with Crippen molar-refractivity contribution in [2.75, 3.05) is 6.54 Å². The van der Waals surface area contributed by atoms with Gasteiger partial charge in [-0.1, -0.05) is 35.8 Å². The molecule has 0 spiro atoms.